The van der Waals surface area contributed by atoms with E-state index in [-0.39, 0.29) is 19.4 Å². The number of unbranched alkanes of at least 4 members (excludes halogenated alkanes) is 21. The predicted octanol–water partition coefficient (Wildman–Crippen LogP) is 12.2. The molecule has 0 aromatic rings. The number of hydrogen-bond acceptors (Lipinski definition) is 6. The molecule has 1 unspecified atom stereocenters. The van der Waals surface area contributed by atoms with Gasteiger partial charge in [0.25, 0.3) is 0 Å². The van der Waals surface area contributed by atoms with Crippen molar-refractivity contribution < 1.29 is 37.9 Å². The molecule has 1 atom stereocenters. The summed E-state index contributed by atoms with van der Waals surface area (Å²) in [5, 5.41) is 0. The Morgan fingerprint density at radius 3 is 1.38 bits per heavy atom. The second kappa shape index (κ2) is 37.0. The SMILES string of the molecule is CCCCC/C=C\C/C=C\CCCCCCCC(=O)OC(COC(=O)CCCCCCCCC/C=C\CCCCCCCC)COP(=O)(O)O. The molecule has 0 rings (SSSR count). The number of carbonyl (C=O) groups excluding carboxylic acids is 2. The standard InChI is InChI=1S/C41H75O8P/c1-3-5-7-9-11-13-15-17-19-20-22-23-25-27-29-31-33-35-40(42)47-37-39(38-48-50(44,45)46)49-41(43)36-34-32-30-28-26-24-21-18-16-14-12-10-8-6-4-2/h12,14,17-19,21,39H,3-11,13,15-16,20,22-38H2,1-2H3,(H2,44,45,46)/b14-12-,19-17-,21-18-. The largest absolute Gasteiger partial charge is 0.469 e. The van der Waals surface area contributed by atoms with Crippen molar-refractivity contribution in [3.63, 3.8) is 0 Å². The molecular weight excluding hydrogens is 651 g/mol. The lowest BCUT2D eigenvalue weighted by Crippen LogP contribution is -2.29. The fraction of sp³-hybridized carbons (Fsp3) is 0.805. The molecule has 50 heavy (non-hydrogen) atoms. The van der Waals surface area contributed by atoms with Crippen LogP contribution in [0.25, 0.3) is 0 Å². The van der Waals surface area contributed by atoms with Crippen LogP contribution in [0.3, 0.4) is 0 Å². The number of phosphoric acid groups is 1. The highest BCUT2D eigenvalue weighted by Crippen LogP contribution is 2.36. The molecule has 0 aliphatic carbocycles. The molecule has 0 aliphatic heterocycles. The van der Waals surface area contributed by atoms with Crippen molar-refractivity contribution in [3.8, 4) is 0 Å². The van der Waals surface area contributed by atoms with E-state index in [1.807, 2.05) is 0 Å². The molecule has 9 heteroatoms. The van der Waals surface area contributed by atoms with Crippen LogP contribution < -0.4 is 0 Å². The highest BCUT2D eigenvalue weighted by Gasteiger charge is 2.22. The zero-order valence-electron chi connectivity index (χ0n) is 32.0. The molecule has 0 aromatic heterocycles. The highest BCUT2D eigenvalue weighted by molar-refractivity contribution is 7.46. The van der Waals surface area contributed by atoms with Crippen LogP contribution in [-0.4, -0.2) is 41.0 Å². The Bertz CT molecular complexity index is 910. The van der Waals surface area contributed by atoms with Crippen LogP contribution in [0, 0.1) is 0 Å². The van der Waals surface area contributed by atoms with E-state index in [1.54, 1.807) is 0 Å². The van der Waals surface area contributed by atoms with E-state index in [2.05, 4.69) is 54.8 Å². The minimum Gasteiger partial charge on any atom is -0.462 e. The smallest absolute Gasteiger partial charge is 0.462 e. The molecule has 0 radical (unpaired) electrons. The molecule has 0 saturated carbocycles. The number of rotatable bonds is 37. The lowest BCUT2D eigenvalue weighted by Gasteiger charge is -2.18. The molecule has 0 spiro atoms. The van der Waals surface area contributed by atoms with Crippen LogP contribution >= 0.6 is 7.82 Å². The van der Waals surface area contributed by atoms with Gasteiger partial charge in [-0.05, 0) is 70.6 Å². The van der Waals surface area contributed by atoms with Gasteiger partial charge in [-0.1, -0.05) is 147 Å². The van der Waals surface area contributed by atoms with Gasteiger partial charge in [-0.25, -0.2) is 4.57 Å². The number of carbonyl (C=O) groups is 2. The van der Waals surface area contributed by atoms with Crippen LogP contribution in [0.15, 0.2) is 36.5 Å². The lowest BCUT2D eigenvalue weighted by atomic mass is 10.1. The van der Waals surface area contributed by atoms with E-state index in [4.69, 9.17) is 19.3 Å². The molecule has 0 aliphatic rings. The minimum absolute atomic E-state index is 0.195. The van der Waals surface area contributed by atoms with Gasteiger partial charge in [-0.3, -0.25) is 14.1 Å². The molecule has 0 aromatic carbocycles. The molecule has 0 amide bonds. The lowest BCUT2D eigenvalue weighted by molar-refractivity contribution is -0.161. The maximum absolute atomic E-state index is 12.4. The Labute approximate surface area is 306 Å². The van der Waals surface area contributed by atoms with Crippen molar-refractivity contribution in [2.24, 2.45) is 0 Å². The summed E-state index contributed by atoms with van der Waals surface area (Å²) >= 11 is 0. The van der Waals surface area contributed by atoms with Crippen molar-refractivity contribution in [1.29, 1.82) is 0 Å². The van der Waals surface area contributed by atoms with Gasteiger partial charge in [0.2, 0.25) is 0 Å². The summed E-state index contributed by atoms with van der Waals surface area (Å²) in [6, 6.07) is 0. The van der Waals surface area contributed by atoms with Crippen LogP contribution in [-0.2, 0) is 28.2 Å². The normalized spacial score (nSPS) is 12.8. The van der Waals surface area contributed by atoms with Gasteiger partial charge in [0, 0.05) is 12.8 Å². The monoisotopic (exact) mass is 727 g/mol. The van der Waals surface area contributed by atoms with Crippen molar-refractivity contribution in [3.05, 3.63) is 36.5 Å². The first-order valence-corrected chi connectivity index (χ1v) is 21.8. The third-order valence-corrected chi connectivity index (χ3v) is 9.12. The van der Waals surface area contributed by atoms with Crippen LogP contribution in [0.1, 0.15) is 194 Å². The van der Waals surface area contributed by atoms with Gasteiger partial charge >= 0.3 is 19.8 Å². The average molecular weight is 727 g/mol. The Morgan fingerprint density at radius 1 is 0.520 bits per heavy atom. The van der Waals surface area contributed by atoms with E-state index in [9.17, 15) is 14.2 Å². The number of allylic oxidation sites excluding steroid dienone is 6. The molecule has 0 heterocycles. The summed E-state index contributed by atoms with van der Waals surface area (Å²) in [5.74, 6) is -0.904. The van der Waals surface area contributed by atoms with E-state index in [1.165, 1.54) is 89.9 Å². The Morgan fingerprint density at radius 2 is 0.900 bits per heavy atom. The fourth-order valence-electron chi connectivity index (χ4n) is 5.57. The maximum Gasteiger partial charge on any atom is 0.469 e. The first-order valence-electron chi connectivity index (χ1n) is 20.3. The Balaban J connectivity index is 3.95. The molecule has 292 valence electrons. The van der Waals surface area contributed by atoms with E-state index in [0.717, 1.165) is 70.6 Å². The predicted molar refractivity (Wildman–Crippen MR) is 207 cm³/mol. The maximum atomic E-state index is 12.4. The van der Waals surface area contributed by atoms with Crippen molar-refractivity contribution in [1.82, 2.24) is 0 Å². The summed E-state index contributed by atoms with van der Waals surface area (Å²) < 4.78 is 26.3. The zero-order chi connectivity index (χ0) is 36.8. The van der Waals surface area contributed by atoms with Crippen molar-refractivity contribution in [2.75, 3.05) is 13.2 Å². The summed E-state index contributed by atoms with van der Waals surface area (Å²) in [5.41, 5.74) is 0. The summed E-state index contributed by atoms with van der Waals surface area (Å²) in [6.45, 7) is 3.64. The van der Waals surface area contributed by atoms with Gasteiger partial charge in [0.05, 0.1) is 6.61 Å². The summed E-state index contributed by atoms with van der Waals surface area (Å²) in [4.78, 5) is 42.8. The molecule has 0 saturated heterocycles. The summed E-state index contributed by atoms with van der Waals surface area (Å²) in [7, 11) is -4.76. The Kier molecular flexibility index (Phi) is 35.8. The first-order chi connectivity index (χ1) is 24.3. The molecule has 0 fully saturated rings. The van der Waals surface area contributed by atoms with E-state index < -0.39 is 32.5 Å². The quantitative estimate of drug-likeness (QED) is 0.0281. The summed E-state index contributed by atoms with van der Waals surface area (Å²) in [6.07, 6.45) is 42.9. The van der Waals surface area contributed by atoms with Crippen molar-refractivity contribution in [2.45, 2.75) is 200 Å². The van der Waals surface area contributed by atoms with E-state index in [0.29, 0.717) is 6.42 Å². The zero-order valence-corrected chi connectivity index (χ0v) is 32.9. The molecular formula is C41H75O8P. The van der Waals surface area contributed by atoms with Gasteiger partial charge < -0.3 is 19.3 Å². The van der Waals surface area contributed by atoms with Crippen molar-refractivity contribution >= 4 is 19.8 Å². The van der Waals surface area contributed by atoms with Gasteiger partial charge in [-0.2, -0.15) is 0 Å². The second-order valence-corrected chi connectivity index (χ2v) is 14.8. The minimum atomic E-state index is -4.76. The second-order valence-electron chi connectivity index (χ2n) is 13.6. The average Bonchev–Trinajstić information content (AvgIpc) is 3.08. The number of hydrogen-bond donors (Lipinski definition) is 2. The molecule has 2 N–H and O–H groups in total. The Hall–Kier alpha value is -1.73. The number of ether oxygens (including phenoxy) is 2. The van der Waals surface area contributed by atoms with E-state index >= 15 is 0 Å². The number of phosphoric ester groups is 1. The fourth-order valence-corrected chi connectivity index (χ4v) is 5.93. The highest BCUT2D eigenvalue weighted by atomic mass is 31.2. The number of esters is 2. The van der Waals surface area contributed by atoms with Crippen LogP contribution in [0.5, 0.6) is 0 Å². The molecule has 8 nitrogen and oxygen atoms in total. The van der Waals surface area contributed by atoms with Gasteiger partial charge in [-0.15, -0.1) is 0 Å². The first kappa shape index (κ1) is 48.3. The third kappa shape index (κ3) is 39.1. The van der Waals surface area contributed by atoms with Crippen LogP contribution in [0.2, 0.25) is 0 Å². The van der Waals surface area contributed by atoms with Gasteiger partial charge in [0.1, 0.15) is 6.61 Å². The topological polar surface area (TPSA) is 119 Å². The van der Waals surface area contributed by atoms with Gasteiger partial charge in [0.15, 0.2) is 6.10 Å². The third-order valence-electron chi connectivity index (χ3n) is 8.63. The van der Waals surface area contributed by atoms with Crippen LogP contribution in [0.4, 0.5) is 0 Å². The molecule has 0 bridgehead atoms.